The lowest BCUT2D eigenvalue weighted by Gasteiger charge is -2.22. The maximum absolute atomic E-state index is 12.2. The number of hydrogen-bond acceptors (Lipinski definition) is 7. The minimum Gasteiger partial charge on any atom is -0.465 e. The molecule has 140 valence electrons. The number of hydrogen-bond donors (Lipinski definition) is 2. The second-order valence-corrected chi connectivity index (χ2v) is 8.65. The van der Waals surface area contributed by atoms with Crippen molar-refractivity contribution < 1.29 is 22.7 Å². The van der Waals surface area contributed by atoms with Gasteiger partial charge in [0.25, 0.3) is 0 Å². The molecule has 7 nitrogen and oxygen atoms in total. The van der Waals surface area contributed by atoms with Crippen LogP contribution in [0.15, 0.2) is 23.1 Å². The van der Waals surface area contributed by atoms with E-state index in [9.17, 15) is 18.0 Å². The summed E-state index contributed by atoms with van der Waals surface area (Å²) in [5, 5.41) is 5.92. The summed E-state index contributed by atoms with van der Waals surface area (Å²) in [6.07, 6.45) is 1.32. The van der Waals surface area contributed by atoms with Gasteiger partial charge >= 0.3 is 5.97 Å². The molecule has 25 heavy (non-hydrogen) atoms. The van der Waals surface area contributed by atoms with E-state index >= 15 is 0 Å². The fourth-order valence-corrected chi connectivity index (χ4v) is 3.94. The number of sulfone groups is 1. The van der Waals surface area contributed by atoms with Gasteiger partial charge in [-0.3, -0.25) is 4.79 Å². The molecule has 1 heterocycles. The van der Waals surface area contributed by atoms with Gasteiger partial charge in [0.2, 0.25) is 5.91 Å². The van der Waals surface area contributed by atoms with Crippen LogP contribution in [0.2, 0.25) is 0 Å². The van der Waals surface area contributed by atoms with Crippen molar-refractivity contribution in [2.45, 2.75) is 17.4 Å². The molecule has 1 fully saturated rings. The van der Waals surface area contributed by atoms with Gasteiger partial charge in [-0.05, 0) is 18.2 Å². The van der Waals surface area contributed by atoms with Crippen LogP contribution in [0.1, 0.15) is 16.8 Å². The molecular formula is C15H21ClN2O5S2. The standard InChI is InChI=1S/C15H20N2O5S2.ClH/c1-22-15(19)10-5-11(7-13(6-10)24(2,20)21)17-14(18)8-12-9-23-4-3-16-12;/h5-7,12,16H,3-4,8-9H2,1-2H3,(H,17,18);1H. The predicted octanol–water partition coefficient (Wildman–Crippen LogP) is 1.33. The highest BCUT2D eigenvalue weighted by molar-refractivity contribution is 7.99. The second-order valence-electron chi connectivity index (χ2n) is 5.49. The zero-order chi connectivity index (χ0) is 17.7. The first-order valence-electron chi connectivity index (χ1n) is 7.34. The molecule has 2 rings (SSSR count). The molecule has 1 amide bonds. The normalized spacial score (nSPS) is 17.3. The average Bonchev–Trinajstić information content (AvgIpc) is 2.53. The van der Waals surface area contributed by atoms with Crippen LogP contribution in [0.4, 0.5) is 5.69 Å². The average molecular weight is 409 g/mol. The van der Waals surface area contributed by atoms with E-state index in [1.807, 2.05) is 0 Å². The summed E-state index contributed by atoms with van der Waals surface area (Å²) in [4.78, 5) is 23.8. The minimum absolute atomic E-state index is 0. The molecule has 0 saturated carbocycles. The maximum Gasteiger partial charge on any atom is 0.337 e. The highest BCUT2D eigenvalue weighted by Crippen LogP contribution is 2.20. The zero-order valence-electron chi connectivity index (χ0n) is 13.9. The molecule has 1 saturated heterocycles. The number of carbonyl (C=O) groups is 2. The van der Waals surface area contributed by atoms with Gasteiger partial charge in [-0.15, -0.1) is 12.4 Å². The van der Waals surface area contributed by atoms with Crippen molar-refractivity contribution in [1.29, 1.82) is 0 Å². The van der Waals surface area contributed by atoms with Gasteiger partial charge in [-0.1, -0.05) is 0 Å². The Bertz CT molecular complexity index is 733. The zero-order valence-corrected chi connectivity index (χ0v) is 16.4. The molecule has 0 aromatic heterocycles. The Hall–Kier alpha value is -1.29. The minimum atomic E-state index is -3.53. The van der Waals surface area contributed by atoms with Gasteiger partial charge in [0.1, 0.15) is 0 Å². The third-order valence-electron chi connectivity index (χ3n) is 3.47. The van der Waals surface area contributed by atoms with Crippen molar-refractivity contribution in [2.24, 2.45) is 0 Å². The van der Waals surface area contributed by atoms with Crippen LogP contribution in [0.5, 0.6) is 0 Å². The molecule has 0 radical (unpaired) electrons. The van der Waals surface area contributed by atoms with E-state index in [2.05, 4.69) is 15.4 Å². The fourth-order valence-electron chi connectivity index (χ4n) is 2.31. The number of benzene rings is 1. The Kier molecular flexibility index (Phi) is 8.20. The van der Waals surface area contributed by atoms with Crippen LogP contribution in [-0.2, 0) is 19.4 Å². The second kappa shape index (κ2) is 9.42. The van der Waals surface area contributed by atoms with Crippen LogP contribution < -0.4 is 10.6 Å². The van der Waals surface area contributed by atoms with Gasteiger partial charge in [0.15, 0.2) is 9.84 Å². The molecule has 1 aromatic rings. The van der Waals surface area contributed by atoms with Crippen molar-refractivity contribution in [1.82, 2.24) is 5.32 Å². The monoisotopic (exact) mass is 408 g/mol. The van der Waals surface area contributed by atoms with Gasteiger partial charge in [-0.25, -0.2) is 13.2 Å². The lowest BCUT2D eigenvalue weighted by Crippen LogP contribution is -2.39. The van der Waals surface area contributed by atoms with Crippen LogP contribution >= 0.6 is 24.2 Å². The number of nitrogens with one attached hydrogen (secondary N) is 2. The SMILES string of the molecule is COC(=O)c1cc(NC(=O)CC2CSCCN2)cc(S(C)(=O)=O)c1.Cl. The van der Waals surface area contributed by atoms with E-state index in [0.717, 1.165) is 24.3 Å². The molecule has 0 bridgehead atoms. The van der Waals surface area contributed by atoms with Crippen molar-refractivity contribution >= 4 is 51.6 Å². The van der Waals surface area contributed by atoms with Crippen LogP contribution in [0.3, 0.4) is 0 Å². The Balaban J connectivity index is 0.00000312. The number of anilines is 1. The molecular weight excluding hydrogens is 388 g/mol. The van der Waals surface area contributed by atoms with Crippen molar-refractivity contribution in [3.63, 3.8) is 0 Å². The van der Waals surface area contributed by atoms with E-state index in [1.54, 1.807) is 11.8 Å². The smallest absolute Gasteiger partial charge is 0.337 e. The fraction of sp³-hybridized carbons (Fsp3) is 0.467. The molecule has 1 aromatic carbocycles. The van der Waals surface area contributed by atoms with Gasteiger partial charge < -0.3 is 15.4 Å². The number of amides is 1. The number of ether oxygens (including phenoxy) is 1. The van der Waals surface area contributed by atoms with Crippen LogP contribution in [-0.4, -0.2) is 57.8 Å². The van der Waals surface area contributed by atoms with E-state index in [0.29, 0.717) is 0 Å². The third-order valence-corrected chi connectivity index (χ3v) is 5.69. The maximum atomic E-state index is 12.2. The Morgan fingerprint density at radius 2 is 2.08 bits per heavy atom. The molecule has 1 unspecified atom stereocenters. The highest BCUT2D eigenvalue weighted by atomic mass is 35.5. The number of thioether (sulfide) groups is 1. The molecule has 1 aliphatic rings. The lowest BCUT2D eigenvalue weighted by atomic mass is 10.2. The van der Waals surface area contributed by atoms with Crippen LogP contribution in [0, 0.1) is 0 Å². The number of methoxy groups -OCH3 is 1. The topological polar surface area (TPSA) is 102 Å². The molecule has 0 spiro atoms. The quantitative estimate of drug-likeness (QED) is 0.708. The van der Waals surface area contributed by atoms with E-state index in [4.69, 9.17) is 0 Å². The summed E-state index contributed by atoms with van der Waals surface area (Å²) in [5.41, 5.74) is 0.328. The van der Waals surface area contributed by atoms with Crippen molar-refractivity contribution in [2.75, 3.05) is 36.7 Å². The molecule has 0 aliphatic carbocycles. The van der Waals surface area contributed by atoms with Gasteiger partial charge in [0, 0.05) is 42.5 Å². The van der Waals surface area contributed by atoms with E-state index in [1.165, 1.54) is 25.3 Å². The van der Waals surface area contributed by atoms with Crippen molar-refractivity contribution in [3.8, 4) is 0 Å². The Labute approximate surface area is 157 Å². The summed E-state index contributed by atoms with van der Waals surface area (Å²) >= 11 is 1.78. The summed E-state index contributed by atoms with van der Waals surface area (Å²) in [6, 6.07) is 4.06. The number of carbonyl (C=O) groups excluding carboxylic acids is 2. The third kappa shape index (κ3) is 6.50. The molecule has 2 N–H and O–H groups in total. The summed E-state index contributed by atoms with van der Waals surface area (Å²) in [6.45, 7) is 0.860. The first kappa shape index (κ1) is 21.8. The lowest BCUT2D eigenvalue weighted by molar-refractivity contribution is -0.116. The first-order valence-corrected chi connectivity index (χ1v) is 10.4. The number of rotatable bonds is 5. The molecule has 10 heteroatoms. The molecule has 1 atom stereocenters. The molecule has 1 aliphatic heterocycles. The Morgan fingerprint density at radius 3 is 2.64 bits per heavy atom. The summed E-state index contributed by atoms with van der Waals surface area (Å²) in [7, 11) is -2.32. The number of esters is 1. The van der Waals surface area contributed by atoms with Crippen LogP contribution in [0.25, 0.3) is 0 Å². The Morgan fingerprint density at radius 1 is 1.36 bits per heavy atom. The largest absolute Gasteiger partial charge is 0.465 e. The summed E-state index contributed by atoms with van der Waals surface area (Å²) in [5.74, 6) is 0.971. The first-order chi connectivity index (χ1) is 11.3. The summed E-state index contributed by atoms with van der Waals surface area (Å²) < 4.78 is 28.2. The van der Waals surface area contributed by atoms with Gasteiger partial charge in [-0.2, -0.15) is 11.8 Å². The highest BCUT2D eigenvalue weighted by Gasteiger charge is 2.19. The number of halogens is 1. The van der Waals surface area contributed by atoms with E-state index < -0.39 is 15.8 Å². The van der Waals surface area contributed by atoms with Gasteiger partial charge in [0.05, 0.1) is 17.6 Å². The van der Waals surface area contributed by atoms with Crippen molar-refractivity contribution in [3.05, 3.63) is 23.8 Å². The predicted molar refractivity (Wildman–Crippen MR) is 101 cm³/mol. The van der Waals surface area contributed by atoms with E-state index in [-0.39, 0.29) is 46.9 Å².